The van der Waals surface area contributed by atoms with Crippen LogP contribution in [-0.4, -0.2) is 30.1 Å². The Morgan fingerprint density at radius 1 is 0.756 bits per heavy atom. The van der Waals surface area contributed by atoms with Crippen LogP contribution in [0.2, 0.25) is 5.02 Å². The summed E-state index contributed by atoms with van der Waals surface area (Å²) >= 11 is 6.18. The molecule has 0 unspecified atom stereocenters. The van der Waals surface area contributed by atoms with E-state index in [0.717, 1.165) is 59.5 Å². The number of carbonyl (C=O) groups excluding carboxylic acids is 2. The van der Waals surface area contributed by atoms with E-state index < -0.39 is 5.92 Å². The molecule has 0 bridgehead atoms. The maximum Gasteiger partial charge on any atom is 0.162 e. The number of benzene rings is 3. The molecule has 234 valence electrons. The fourth-order valence-corrected chi connectivity index (χ4v) is 7.52. The molecule has 0 aromatic heterocycles. The molecule has 1 aliphatic heterocycles. The molecule has 0 saturated heterocycles. The molecule has 2 aliphatic carbocycles. The first-order valence-corrected chi connectivity index (χ1v) is 16.2. The molecule has 6 heteroatoms. The number of hydrogen-bond donors (Lipinski definition) is 0. The summed E-state index contributed by atoms with van der Waals surface area (Å²) in [6, 6.07) is 23.9. The van der Waals surface area contributed by atoms with Gasteiger partial charge in [0.1, 0.15) is 6.61 Å². The Bertz CT molecular complexity index is 1650. The van der Waals surface area contributed by atoms with Crippen LogP contribution in [0.15, 0.2) is 95.3 Å². The molecular weight excluding hydrogens is 582 g/mol. The van der Waals surface area contributed by atoms with Gasteiger partial charge in [-0.1, -0.05) is 87.8 Å². The minimum absolute atomic E-state index is 0.125. The molecular formula is C39H42ClNO4. The molecule has 0 amide bonds. The van der Waals surface area contributed by atoms with E-state index in [0.29, 0.717) is 36.0 Å². The van der Waals surface area contributed by atoms with E-state index in [4.69, 9.17) is 21.1 Å². The quantitative estimate of drug-likeness (QED) is 0.251. The van der Waals surface area contributed by atoms with Crippen LogP contribution in [0.1, 0.15) is 76.0 Å². The maximum atomic E-state index is 14.2. The zero-order chi connectivity index (χ0) is 31.9. The van der Waals surface area contributed by atoms with E-state index >= 15 is 0 Å². The second-order valence-corrected chi connectivity index (χ2v) is 14.7. The molecule has 0 saturated carbocycles. The Kier molecular flexibility index (Phi) is 8.43. The van der Waals surface area contributed by atoms with E-state index in [1.165, 1.54) is 5.56 Å². The van der Waals surface area contributed by atoms with E-state index in [9.17, 15) is 9.59 Å². The van der Waals surface area contributed by atoms with Crippen LogP contribution in [0.5, 0.6) is 11.5 Å². The summed E-state index contributed by atoms with van der Waals surface area (Å²) in [5.74, 6) is 0.974. The summed E-state index contributed by atoms with van der Waals surface area (Å²) in [5.41, 5.74) is 6.40. The lowest BCUT2D eigenvalue weighted by Gasteiger charge is -2.49. The minimum Gasteiger partial charge on any atom is -0.493 e. The molecule has 0 atom stereocenters. The van der Waals surface area contributed by atoms with Crippen molar-refractivity contribution in [3.63, 3.8) is 0 Å². The number of carbonyl (C=O) groups is 2. The first-order chi connectivity index (χ1) is 21.4. The Balaban J connectivity index is 1.44. The predicted octanol–water partition coefficient (Wildman–Crippen LogP) is 8.86. The van der Waals surface area contributed by atoms with E-state index in [2.05, 4.69) is 56.9 Å². The van der Waals surface area contributed by atoms with Crippen molar-refractivity contribution in [1.29, 1.82) is 0 Å². The number of ketones is 2. The highest BCUT2D eigenvalue weighted by Gasteiger charge is 2.49. The van der Waals surface area contributed by atoms with Crippen LogP contribution in [0.4, 0.5) is 0 Å². The third kappa shape index (κ3) is 6.46. The Labute approximate surface area is 271 Å². The van der Waals surface area contributed by atoms with Crippen molar-refractivity contribution in [2.45, 2.75) is 72.3 Å². The fraction of sp³-hybridized carbons (Fsp3) is 0.385. The molecule has 3 aromatic rings. The third-order valence-electron chi connectivity index (χ3n) is 9.29. The smallest absolute Gasteiger partial charge is 0.162 e. The van der Waals surface area contributed by atoms with Crippen LogP contribution in [-0.2, 0) is 22.6 Å². The third-order valence-corrected chi connectivity index (χ3v) is 9.53. The number of allylic oxidation sites excluding steroid dienone is 4. The topological polar surface area (TPSA) is 55.8 Å². The van der Waals surface area contributed by atoms with Gasteiger partial charge >= 0.3 is 0 Å². The van der Waals surface area contributed by atoms with E-state index in [1.807, 2.05) is 48.5 Å². The highest BCUT2D eigenvalue weighted by atomic mass is 35.5. The van der Waals surface area contributed by atoms with Crippen LogP contribution in [0, 0.1) is 10.8 Å². The van der Waals surface area contributed by atoms with Gasteiger partial charge in [0.25, 0.3) is 0 Å². The Morgan fingerprint density at radius 2 is 1.38 bits per heavy atom. The van der Waals surface area contributed by atoms with Crippen molar-refractivity contribution < 1.29 is 19.1 Å². The lowest BCUT2D eigenvalue weighted by Crippen LogP contribution is -2.45. The van der Waals surface area contributed by atoms with Gasteiger partial charge in [-0.15, -0.1) is 0 Å². The number of nitrogens with zero attached hydrogens (tertiary/aromatic N) is 1. The number of Topliss-reactive ketones (excluding diaryl/α,β-unsaturated/α-hetero) is 2. The van der Waals surface area contributed by atoms with Crippen molar-refractivity contribution in [2.75, 3.05) is 13.7 Å². The molecule has 1 heterocycles. The average molecular weight is 624 g/mol. The summed E-state index contributed by atoms with van der Waals surface area (Å²) in [5, 5.41) is 0.655. The first kappa shape index (κ1) is 31.2. The Morgan fingerprint density at radius 3 is 1.98 bits per heavy atom. The number of ether oxygens (including phenoxy) is 2. The van der Waals surface area contributed by atoms with Crippen molar-refractivity contribution in [3.8, 4) is 11.5 Å². The summed E-state index contributed by atoms with van der Waals surface area (Å²) < 4.78 is 12.0. The fourth-order valence-electron chi connectivity index (χ4n) is 7.31. The molecule has 3 aromatic carbocycles. The van der Waals surface area contributed by atoms with Gasteiger partial charge in [0.2, 0.25) is 0 Å². The molecule has 5 nitrogen and oxygen atoms in total. The molecule has 0 spiro atoms. The molecule has 45 heavy (non-hydrogen) atoms. The molecule has 3 aliphatic rings. The van der Waals surface area contributed by atoms with E-state index in [-0.39, 0.29) is 22.4 Å². The second kappa shape index (κ2) is 12.2. The highest BCUT2D eigenvalue weighted by Crippen LogP contribution is 2.55. The molecule has 0 fully saturated rings. The summed E-state index contributed by atoms with van der Waals surface area (Å²) in [6.07, 6.45) is 3.30. The van der Waals surface area contributed by atoms with Crippen molar-refractivity contribution >= 4 is 23.2 Å². The SMILES string of the molecule is COc1cc(C2C3=C(CC(C)(C)CC3=O)N(CCc3ccccc3)C3=C2C(=O)CC(C)(C)C3)ccc1OCc1cccc(Cl)c1. The highest BCUT2D eigenvalue weighted by molar-refractivity contribution is 6.30. The summed E-state index contributed by atoms with van der Waals surface area (Å²) in [6.45, 7) is 9.76. The number of halogens is 1. The van der Waals surface area contributed by atoms with Gasteiger partial charge in [-0.25, -0.2) is 0 Å². The standard InChI is InChI=1S/C39H42ClNO4/c1-38(2)20-29-36(31(42)22-38)35(27-14-15-33(34(19-27)44-5)45-24-26-12-9-13-28(40)18-26)37-30(21-39(3,4)23-32(37)43)41(29)17-16-25-10-7-6-8-11-25/h6-15,18-19,35H,16-17,20-24H2,1-5H3. The lowest BCUT2D eigenvalue weighted by atomic mass is 9.63. The monoisotopic (exact) mass is 623 g/mol. The largest absolute Gasteiger partial charge is 0.493 e. The summed E-state index contributed by atoms with van der Waals surface area (Å²) in [7, 11) is 1.62. The van der Waals surface area contributed by atoms with Crippen molar-refractivity contribution in [2.24, 2.45) is 10.8 Å². The number of hydrogen-bond acceptors (Lipinski definition) is 5. The van der Waals surface area contributed by atoms with E-state index in [1.54, 1.807) is 7.11 Å². The maximum absolute atomic E-state index is 14.2. The van der Waals surface area contributed by atoms with Crippen LogP contribution >= 0.6 is 11.6 Å². The van der Waals surface area contributed by atoms with Gasteiger partial charge in [0.15, 0.2) is 23.1 Å². The Hall–Kier alpha value is -3.83. The summed E-state index contributed by atoms with van der Waals surface area (Å²) in [4.78, 5) is 30.7. The zero-order valence-electron chi connectivity index (χ0n) is 26.9. The minimum atomic E-state index is -0.439. The predicted molar refractivity (Wildman–Crippen MR) is 178 cm³/mol. The van der Waals surface area contributed by atoms with Crippen molar-refractivity contribution in [3.05, 3.63) is 117 Å². The second-order valence-electron chi connectivity index (χ2n) is 14.3. The zero-order valence-corrected chi connectivity index (χ0v) is 27.7. The van der Waals surface area contributed by atoms with Gasteiger partial charge in [-0.3, -0.25) is 9.59 Å². The van der Waals surface area contributed by atoms with Crippen LogP contribution < -0.4 is 9.47 Å². The van der Waals surface area contributed by atoms with Crippen LogP contribution in [0.25, 0.3) is 0 Å². The van der Waals surface area contributed by atoms with Crippen molar-refractivity contribution in [1.82, 2.24) is 4.90 Å². The molecule has 6 rings (SSSR count). The number of rotatable bonds is 8. The number of methoxy groups -OCH3 is 1. The van der Waals surface area contributed by atoms with Crippen LogP contribution in [0.3, 0.4) is 0 Å². The van der Waals surface area contributed by atoms with Gasteiger partial charge in [0.05, 0.1) is 7.11 Å². The van der Waals surface area contributed by atoms with Gasteiger partial charge in [0, 0.05) is 52.9 Å². The average Bonchev–Trinajstić information content (AvgIpc) is 2.98. The molecule has 0 radical (unpaired) electrons. The first-order valence-electron chi connectivity index (χ1n) is 15.8. The molecule has 0 N–H and O–H groups in total. The van der Waals surface area contributed by atoms with Gasteiger partial charge < -0.3 is 14.4 Å². The van der Waals surface area contributed by atoms with Gasteiger partial charge in [-0.05, 0) is 71.0 Å². The lowest BCUT2D eigenvalue weighted by molar-refractivity contribution is -0.119. The van der Waals surface area contributed by atoms with Gasteiger partial charge in [-0.2, -0.15) is 0 Å². The normalized spacial score (nSPS) is 19.4.